The van der Waals surface area contributed by atoms with Crippen LogP contribution in [0, 0.1) is 12.7 Å². The molecule has 0 atom stereocenters. The molecule has 0 unspecified atom stereocenters. The van der Waals surface area contributed by atoms with E-state index in [9.17, 15) is 4.39 Å². The number of aryl methyl sites for hydroxylation is 1. The fraction of sp³-hybridized carbons (Fsp3) is 0.333. The van der Waals surface area contributed by atoms with Crippen molar-refractivity contribution in [3.8, 4) is 0 Å². The highest BCUT2D eigenvalue weighted by Crippen LogP contribution is 2.33. The van der Waals surface area contributed by atoms with E-state index in [0.717, 1.165) is 10.5 Å². The Bertz CT molecular complexity index is 600. The number of benzene rings is 2. The summed E-state index contributed by atoms with van der Waals surface area (Å²) in [6, 6.07) is 13.5. The first-order valence-corrected chi connectivity index (χ1v) is 7.94. The Labute approximate surface area is 131 Å². The van der Waals surface area contributed by atoms with Crippen molar-refractivity contribution in [2.45, 2.75) is 49.6 Å². The van der Waals surface area contributed by atoms with Crippen molar-refractivity contribution in [2.24, 2.45) is 0 Å². The minimum Gasteiger partial charge on any atom is -0.308 e. The van der Waals surface area contributed by atoms with Crippen LogP contribution in [0.15, 0.2) is 52.3 Å². The lowest BCUT2D eigenvalue weighted by Crippen LogP contribution is -2.35. The van der Waals surface area contributed by atoms with Crippen molar-refractivity contribution < 1.29 is 4.39 Å². The molecular formula is C18H22FNS. The Morgan fingerprint density at radius 1 is 1.05 bits per heavy atom. The SMILES string of the molecule is Cc1ccc(Sc2c(F)cccc2CNC(C)(C)C)cc1. The molecule has 21 heavy (non-hydrogen) atoms. The lowest BCUT2D eigenvalue weighted by molar-refractivity contribution is 0.421. The minimum absolute atomic E-state index is 0.0120. The molecule has 0 amide bonds. The standard InChI is InChI=1S/C18H22FNS/c1-13-8-10-15(11-9-13)21-17-14(6-5-7-16(17)19)12-20-18(2,3)4/h5-11,20H,12H2,1-4H3. The molecule has 2 aromatic rings. The number of halogens is 1. The van der Waals surface area contributed by atoms with Crippen LogP contribution in [0.1, 0.15) is 31.9 Å². The molecule has 3 heteroatoms. The first-order valence-electron chi connectivity index (χ1n) is 7.12. The molecule has 0 radical (unpaired) electrons. The summed E-state index contributed by atoms with van der Waals surface area (Å²) >= 11 is 1.49. The molecule has 0 aromatic heterocycles. The lowest BCUT2D eigenvalue weighted by atomic mass is 10.1. The molecular weight excluding hydrogens is 281 g/mol. The molecule has 0 aliphatic heterocycles. The Kier molecular flexibility index (Phi) is 5.07. The molecule has 0 saturated heterocycles. The van der Waals surface area contributed by atoms with Crippen molar-refractivity contribution in [1.29, 1.82) is 0 Å². The van der Waals surface area contributed by atoms with E-state index >= 15 is 0 Å². The molecule has 0 fully saturated rings. The number of hydrogen-bond acceptors (Lipinski definition) is 2. The van der Waals surface area contributed by atoms with Gasteiger partial charge in [0.15, 0.2) is 0 Å². The molecule has 2 rings (SSSR count). The Balaban J connectivity index is 2.23. The van der Waals surface area contributed by atoms with E-state index < -0.39 is 0 Å². The molecule has 2 aromatic carbocycles. The van der Waals surface area contributed by atoms with Gasteiger partial charge >= 0.3 is 0 Å². The Hall–Kier alpha value is -1.32. The summed E-state index contributed by atoms with van der Waals surface area (Å²) in [5.74, 6) is -0.159. The fourth-order valence-corrected chi connectivity index (χ4v) is 2.84. The van der Waals surface area contributed by atoms with Gasteiger partial charge in [0.25, 0.3) is 0 Å². The van der Waals surface area contributed by atoms with Gasteiger partial charge in [-0.3, -0.25) is 0 Å². The largest absolute Gasteiger partial charge is 0.308 e. The van der Waals surface area contributed by atoms with Gasteiger partial charge in [0.2, 0.25) is 0 Å². The second-order valence-electron chi connectivity index (χ2n) is 6.25. The van der Waals surface area contributed by atoms with Gasteiger partial charge in [-0.1, -0.05) is 41.6 Å². The van der Waals surface area contributed by atoms with Gasteiger partial charge in [-0.15, -0.1) is 0 Å². The zero-order chi connectivity index (χ0) is 15.5. The molecule has 0 aliphatic rings. The van der Waals surface area contributed by atoms with Crippen molar-refractivity contribution in [3.05, 3.63) is 59.4 Å². The normalized spacial score (nSPS) is 11.7. The Morgan fingerprint density at radius 2 is 1.71 bits per heavy atom. The minimum atomic E-state index is -0.159. The predicted octanol–water partition coefficient (Wildman–Crippen LogP) is 5.17. The van der Waals surface area contributed by atoms with Crippen LogP contribution in [0.25, 0.3) is 0 Å². The van der Waals surface area contributed by atoms with E-state index in [4.69, 9.17) is 0 Å². The van der Waals surface area contributed by atoms with Gasteiger partial charge < -0.3 is 5.32 Å². The highest BCUT2D eigenvalue weighted by Gasteiger charge is 2.13. The number of rotatable bonds is 4. The second kappa shape index (κ2) is 6.63. The molecule has 0 heterocycles. The third-order valence-electron chi connectivity index (χ3n) is 3.10. The maximum atomic E-state index is 14.2. The summed E-state index contributed by atoms with van der Waals surface area (Å²) in [6.07, 6.45) is 0. The average Bonchev–Trinajstić information content (AvgIpc) is 2.41. The fourth-order valence-electron chi connectivity index (χ4n) is 1.89. The monoisotopic (exact) mass is 303 g/mol. The zero-order valence-electron chi connectivity index (χ0n) is 13.0. The van der Waals surface area contributed by atoms with Crippen molar-refractivity contribution in [1.82, 2.24) is 5.32 Å². The molecule has 0 aliphatic carbocycles. The number of nitrogens with one attached hydrogen (secondary N) is 1. The van der Waals surface area contributed by atoms with Crippen molar-refractivity contribution in [3.63, 3.8) is 0 Å². The maximum Gasteiger partial charge on any atom is 0.137 e. The summed E-state index contributed by atoms with van der Waals surface area (Å²) in [5, 5.41) is 3.42. The van der Waals surface area contributed by atoms with Crippen LogP contribution in [-0.4, -0.2) is 5.54 Å². The van der Waals surface area contributed by atoms with Crippen LogP contribution in [0.5, 0.6) is 0 Å². The topological polar surface area (TPSA) is 12.0 Å². The van der Waals surface area contributed by atoms with Crippen molar-refractivity contribution >= 4 is 11.8 Å². The third kappa shape index (κ3) is 4.87. The third-order valence-corrected chi connectivity index (χ3v) is 4.27. The number of hydrogen-bond donors (Lipinski definition) is 1. The van der Waals surface area contributed by atoms with Gasteiger partial charge in [-0.2, -0.15) is 0 Å². The molecule has 1 nitrogen and oxygen atoms in total. The van der Waals surface area contributed by atoms with Crippen LogP contribution >= 0.6 is 11.8 Å². The summed E-state index contributed by atoms with van der Waals surface area (Å²) in [7, 11) is 0. The van der Waals surface area contributed by atoms with E-state index in [2.05, 4.69) is 45.1 Å². The highest BCUT2D eigenvalue weighted by atomic mass is 32.2. The van der Waals surface area contributed by atoms with Crippen LogP contribution < -0.4 is 5.32 Å². The zero-order valence-corrected chi connectivity index (χ0v) is 13.9. The molecule has 112 valence electrons. The highest BCUT2D eigenvalue weighted by molar-refractivity contribution is 7.99. The lowest BCUT2D eigenvalue weighted by Gasteiger charge is -2.21. The van der Waals surface area contributed by atoms with Crippen molar-refractivity contribution in [2.75, 3.05) is 0 Å². The van der Waals surface area contributed by atoms with E-state index in [0.29, 0.717) is 11.4 Å². The van der Waals surface area contributed by atoms with E-state index in [1.54, 1.807) is 6.07 Å². The quantitative estimate of drug-likeness (QED) is 0.836. The molecule has 1 N–H and O–H groups in total. The molecule has 0 spiro atoms. The average molecular weight is 303 g/mol. The van der Waals surface area contributed by atoms with E-state index in [1.165, 1.54) is 23.4 Å². The van der Waals surface area contributed by atoms with Gasteiger partial charge in [0.1, 0.15) is 5.82 Å². The predicted molar refractivity (Wildman–Crippen MR) is 88.3 cm³/mol. The van der Waals surface area contributed by atoms with Crippen LogP contribution in [-0.2, 0) is 6.54 Å². The van der Waals surface area contributed by atoms with Gasteiger partial charge in [0.05, 0.1) is 4.90 Å². The van der Waals surface area contributed by atoms with E-state index in [-0.39, 0.29) is 11.4 Å². The van der Waals surface area contributed by atoms with Crippen LogP contribution in [0.2, 0.25) is 0 Å². The van der Waals surface area contributed by atoms with Gasteiger partial charge in [-0.25, -0.2) is 4.39 Å². The first kappa shape index (κ1) is 16.1. The summed E-state index contributed by atoms with van der Waals surface area (Å²) < 4.78 is 14.2. The summed E-state index contributed by atoms with van der Waals surface area (Å²) in [4.78, 5) is 1.76. The first-order chi connectivity index (χ1) is 9.85. The second-order valence-corrected chi connectivity index (χ2v) is 7.33. The summed E-state index contributed by atoms with van der Waals surface area (Å²) in [6.45, 7) is 9.04. The summed E-state index contributed by atoms with van der Waals surface area (Å²) in [5.41, 5.74) is 2.22. The van der Waals surface area contributed by atoms with Gasteiger partial charge in [0, 0.05) is 17.0 Å². The maximum absolute atomic E-state index is 14.2. The van der Waals surface area contributed by atoms with Gasteiger partial charge in [-0.05, 0) is 51.5 Å². The smallest absolute Gasteiger partial charge is 0.137 e. The van der Waals surface area contributed by atoms with E-state index in [1.807, 2.05) is 18.2 Å². The van der Waals surface area contributed by atoms with Crippen LogP contribution in [0.4, 0.5) is 4.39 Å². The Morgan fingerprint density at radius 3 is 2.33 bits per heavy atom. The molecule has 0 bridgehead atoms. The van der Waals surface area contributed by atoms with Crippen LogP contribution in [0.3, 0.4) is 0 Å². The molecule has 0 saturated carbocycles.